The molecule has 0 aliphatic carbocycles. The number of nitrogens with zero attached hydrogens (tertiary/aromatic N) is 3. The molecular weight excluding hydrogens is 401 g/mol. The predicted molar refractivity (Wildman–Crippen MR) is 99.9 cm³/mol. The number of halogens is 2. The summed E-state index contributed by atoms with van der Waals surface area (Å²) in [4.78, 5) is 21.6. The molecule has 0 N–H and O–H groups in total. The maximum Gasteiger partial charge on any atom is 0.240 e. The number of likely N-dealkylation sites (N-methyl/N-ethyl adjacent to an activating group) is 1. The van der Waals surface area contributed by atoms with E-state index in [1.54, 1.807) is 24.2 Å². The highest BCUT2D eigenvalue weighted by Crippen LogP contribution is 2.50. The summed E-state index contributed by atoms with van der Waals surface area (Å²) in [6.07, 6.45) is 3.73. The summed E-state index contributed by atoms with van der Waals surface area (Å²) in [5, 5.41) is 0.861. The van der Waals surface area contributed by atoms with Gasteiger partial charge in [-0.15, -0.1) is 0 Å². The normalized spacial score (nSPS) is 22.9. The summed E-state index contributed by atoms with van der Waals surface area (Å²) in [6, 6.07) is 3.68. The van der Waals surface area contributed by atoms with Crippen LogP contribution in [0.1, 0.15) is 18.4 Å². The standard InChI is InChI=1S/C19H19BrFN3O2/c1-23-16-8-22-15-7-14(21)13(20)6-12(15)17(16)19(18(23)25)9-24(10-19)11-2-4-26-5-3-11/h6-8,11H,2-5,9-10H2,1H3. The zero-order valence-corrected chi connectivity index (χ0v) is 16.1. The number of pyridine rings is 1. The van der Waals surface area contributed by atoms with Crippen molar-refractivity contribution in [1.82, 2.24) is 9.88 Å². The largest absolute Gasteiger partial charge is 0.381 e. The predicted octanol–water partition coefficient (Wildman–Crippen LogP) is 2.85. The van der Waals surface area contributed by atoms with E-state index in [0.717, 1.165) is 42.7 Å². The first-order valence-corrected chi connectivity index (χ1v) is 9.69. The summed E-state index contributed by atoms with van der Waals surface area (Å²) in [5.41, 5.74) is 1.89. The summed E-state index contributed by atoms with van der Waals surface area (Å²) in [6.45, 7) is 3.00. The molecule has 5 rings (SSSR count). The Kier molecular flexibility index (Phi) is 3.64. The number of hydrogen-bond donors (Lipinski definition) is 0. The van der Waals surface area contributed by atoms with Crippen LogP contribution in [0.2, 0.25) is 0 Å². The highest BCUT2D eigenvalue weighted by Gasteiger charge is 2.59. The van der Waals surface area contributed by atoms with Crippen molar-refractivity contribution in [3.63, 3.8) is 0 Å². The van der Waals surface area contributed by atoms with Crippen molar-refractivity contribution in [2.45, 2.75) is 24.3 Å². The SMILES string of the molecule is CN1C(=O)C2(CN(C3CCOCC3)C2)c2c1cnc1cc(F)c(Br)cc21. The van der Waals surface area contributed by atoms with Gasteiger partial charge in [0, 0.05) is 56.4 Å². The van der Waals surface area contributed by atoms with Gasteiger partial charge in [-0.3, -0.25) is 14.7 Å². The first kappa shape index (κ1) is 16.6. The van der Waals surface area contributed by atoms with E-state index >= 15 is 0 Å². The van der Waals surface area contributed by atoms with E-state index in [9.17, 15) is 9.18 Å². The Hall–Kier alpha value is -1.57. The number of fused-ring (bicyclic) bond motifs is 4. The molecule has 0 saturated carbocycles. The van der Waals surface area contributed by atoms with Gasteiger partial charge in [0.05, 0.1) is 21.9 Å². The first-order chi connectivity index (χ1) is 12.5. The van der Waals surface area contributed by atoms with Crippen LogP contribution >= 0.6 is 15.9 Å². The summed E-state index contributed by atoms with van der Waals surface area (Å²) in [5.74, 6) is -0.223. The molecule has 3 aliphatic heterocycles. The molecule has 1 aromatic heterocycles. The van der Waals surface area contributed by atoms with Crippen molar-refractivity contribution in [3.8, 4) is 0 Å². The molecule has 5 nitrogen and oxygen atoms in total. The first-order valence-electron chi connectivity index (χ1n) is 8.89. The molecule has 2 saturated heterocycles. The fourth-order valence-corrected chi connectivity index (χ4v) is 5.06. The van der Waals surface area contributed by atoms with Crippen molar-refractivity contribution in [3.05, 3.63) is 34.2 Å². The summed E-state index contributed by atoms with van der Waals surface area (Å²) >= 11 is 3.28. The van der Waals surface area contributed by atoms with E-state index in [0.29, 0.717) is 29.1 Å². The van der Waals surface area contributed by atoms with Gasteiger partial charge < -0.3 is 9.64 Å². The molecular formula is C19H19BrFN3O2. The molecule has 2 fully saturated rings. The molecule has 4 heterocycles. The van der Waals surface area contributed by atoms with E-state index < -0.39 is 5.41 Å². The smallest absolute Gasteiger partial charge is 0.240 e. The van der Waals surface area contributed by atoms with Gasteiger partial charge >= 0.3 is 0 Å². The minimum absolute atomic E-state index is 0.116. The molecule has 3 aliphatic rings. The molecule has 136 valence electrons. The Bertz CT molecular complexity index is 923. The van der Waals surface area contributed by atoms with Crippen LogP contribution in [0.5, 0.6) is 0 Å². The number of ether oxygens (including phenoxy) is 1. The minimum Gasteiger partial charge on any atom is -0.381 e. The third kappa shape index (κ3) is 2.14. The fourth-order valence-electron chi connectivity index (χ4n) is 4.72. The number of amides is 1. The quantitative estimate of drug-likeness (QED) is 0.712. The lowest BCUT2D eigenvalue weighted by Gasteiger charge is -2.51. The number of carbonyl (C=O) groups excluding carboxylic acids is 1. The Morgan fingerprint density at radius 3 is 2.77 bits per heavy atom. The van der Waals surface area contributed by atoms with Gasteiger partial charge in [-0.25, -0.2) is 4.39 Å². The second-order valence-corrected chi connectivity index (χ2v) is 8.35. The van der Waals surface area contributed by atoms with Gasteiger partial charge in [-0.1, -0.05) is 0 Å². The third-order valence-corrected chi connectivity index (χ3v) is 6.70. The molecule has 2 aromatic rings. The summed E-state index contributed by atoms with van der Waals surface area (Å²) in [7, 11) is 1.80. The zero-order valence-electron chi connectivity index (χ0n) is 14.5. The average Bonchev–Trinajstić information content (AvgIpc) is 2.84. The van der Waals surface area contributed by atoms with Crippen molar-refractivity contribution >= 4 is 38.4 Å². The second kappa shape index (κ2) is 5.71. The van der Waals surface area contributed by atoms with E-state index in [1.807, 2.05) is 0 Å². The lowest BCUT2D eigenvalue weighted by molar-refractivity contribution is -0.131. The van der Waals surface area contributed by atoms with Crippen LogP contribution in [0.15, 0.2) is 22.8 Å². The Balaban J connectivity index is 1.60. The molecule has 0 unspecified atom stereocenters. The molecule has 7 heteroatoms. The second-order valence-electron chi connectivity index (χ2n) is 7.50. The number of rotatable bonds is 1. The van der Waals surface area contributed by atoms with E-state index in [1.165, 1.54) is 6.07 Å². The maximum absolute atomic E-state index is 14.0. The Labute approximate surface area is 159 Å². The van der Waals surface area contributed by atoms with Crippen LogP contribution in [0.3, 0.4) is 0 Å². The number of benzene rings is 1. The lowest BCUT2D eigenvalue weighted by Crippen LogP contribution is -2.66. The Morgan fingerprint density at radius 1 is 1.31 bits per heavy atom. The maximum atomic E-state index is 14.0. The monoisotopic (exact) mass is 419 g/mol. The van der Waals surface area contributed by atoms with Gasteiger partial charge in [0.2, 0.25) is 5.91 Å². The molecule has 1 spiro atoms. The van der Waals surface area contributed by atoms with E-state index in [-0.39, 0.29) is 11.7 Å². The number of carbonyl (C=O) groups is 1. The number of likely N-dealkylation sites (tertiary alicyclic amines) is 1. The molecule has 1 amide bonds. The van der Waals surface area contributed by atoms with Gasteiger partial charge in [-0.05, 0) is 34.8 Å². The van der Waals surface area contributed by atoms with Crippen molar-refractivity contribution in [2.75, 3.05) is 38.3 Å². The highest BCUT2D eigenvalue weighted by atomic mass is 79.9. The number of aromatic nitrogens is 1. The van der Waals surface area contributed by atoms with Crippen LogP contribution in [0.4, 0.5) is 10.1 Å². The van der Waals surface area contributed by atoms with Gasteiger partial charge in [0.1, 0.15) is 11.2 Å². The fraction of sp³-hybridized carbons (Fsp3) is 0.474. The van der Waals surface area contributed by atoms with Gasteiger partial charge in [0.25, 0.3) is 0 Å². The van der Waals surface area contributed by atoms with Crippen LogP contribution in [0.25, 0.3) is 10.9 Å². The molecule has 1 aromatic carbocycles. The Morgan fingerprint density at radius 2 is 2.04 bits per heavy atom. The zero-order chi connectivity index (χ0) is 18.1. The van der Waals surface area contributed by atoms with Crippen LogP contribution < -0.4 is 4.90 Å². The number of anilines is 1. The van der Waals surface area contributed by atoms with Crippen molar-refractivity contribution in [2.24, 2.45) is 0 Å². The van der Waals surface area contributed by atoms with Crippen LogP contribution in [-0.2, 0) is 14.9 Å². The molecule has 26 heavy (non-hydrogen) atoms. The van der Waals surface area contributed by atoms with Crippen LogP contribution in [-0.4, -0.2) is 55.2 Å². The molecule has 0 atom stereocenters. The minimum atomic E-state index is -0.541. The number of hydrogen-bond acceptors (Lipinski definition) is 4. The topological polar surface area (TPSA) is 45.7 Å². The highest BCUT2D eigenvalue weighted by molar-refractivity contribution is 9.10. The van der Waals surface area contributed by atoms with E-state index in [4.69, 9.17) is 4.74 Å². The third-order valence-electron chi connectivity index (χ3n) is 6.10. The molecule has 0 radical (unpaired) electrons. The van der Waals surface area contributed by atoms with E-state index in [2.05, 4.69) is 25.8 Å². The van der Waals surface area contributed by atoms with Gasteiger partial charge in [-0.2, -0.15) is 0 Å². The van der Waals surface area contributed by atoms with Gasteiger partial charge in [0.15, 0.2) is 0 Å². The summed E-state index contributed by atoms with van der Waals surface area (Å²) < 4.78 is 19.8. The lowest BCUT2D eigenvalue weighted by atomic mass is 9.72. The molecule has 0 bridgehead atoms. The van der Waals surface area contributed by atoms with Crippen molar-refractivity contribution < 1.29 is 13.9 Å². The average molecular weight is 420 g/mol. The van der Waals surface area contributed by atoms with Crippen molar-refractivity contribution in [1.29, 1.82) is 0 Å². The van der Waals surface area contributed by atoms with Crippen LogP contribution in [0, 0.1) is 5.82 Å².